The SMILES string of the molecule is NC(=O)c1ccccc1N1C[C@@H]2C(=O)NC(=O)[C@@H]2C1. The molecular formula is C13H13N3O3. The van der Waals surface area contributed by atoms with Gasteiger partial charge in [-0.3, -0.25) is 19.7 Å². The number of nitrogens with one attached hydrogen (secondary N) is 1. The molecule has 2 atom stereocenters. The van der Waals surface area contributed by atoms with Crippen LogP contribution in [0.4, 0.5) is 5.69 Å². The molecule has 6 heteroatoms. The van der Waals surface area contributed by atoms with Gasteiger partial charge in [-0.1, -0.05) is 12.1 Å². The number of fused-ring (bicyclic) bond motifs is 1. The maximum atomic E-state index is 11.6. The van der Waals surface area contributed by atoms with Crippen LogP contribution in [0, 0.1) is 11.8 Å². The number of anilines is 1. The third-order valence-corrected chi connectivity index (χ3v) is 3.75. The number of hydrogen-bond acceptors (Lipinski definition) is 4. The molecule has 2 aliphatic rings. The van der Waals surface area contributed by atoms with Gasteiger partial charge in [-0.05, 0) is 12.1 Å². The molecular weight excluding hydrogens is 246 g/mol. The van der Waals surface area contributed by atoms with Crippen molar-refractivity contribution in [1.29, 1.82) is 0 Å². The van der Waals surface area contributed by atoms with Crippen LogP contribution in [0.25, 0.3) is 0 Å². The number of hydrogen-bond donors (Lipinski definition) is 2. The van der Waals surface area contributed by atoms with E-state index in [9.17, 15) is 14.4 Å². The second-order valence-electron chi connectivity index (χ2n) is 4.85. The Labute approximate surface area is 109 Å². The van der Waals surface area contributed by atoms with E-state index in [0.29, 0.717) is 24.3 Å². The molecule has 3 rings (SSSR count). The summed E-state index contributed by atoms with van der Waals surface area (Å²) in [5.41, 5.74) is 6.44. The van der Waals surface area contributed by atoms with Crippen molar-refractivity contribution in [3.05, 3.63) is 29.8 Å². The van der Waals surface area contributed by atoms with Crippen LogP contribution < -0.4 is 16.0 Å². The predicted molar refractivity (Wildman–Crippen MR) is 67.3 cm³/mol. The Kier molecular flexibility index (Phi) is 2.51. The van der Waals surface area contributed by atoms with Crippen molar-refractivity contribution in [3.63, 3.8) is 0 Å². The number of amides is 3. The fourth-order valence-corrected chi connectivity index (χ4v) is 2.80. The number of nitrogens with zero attached hydrogens (tertiary/aromatic N) is 1. The monoisotopic (exact) mass is 259 g/mol. The van der Waals surface area contributed by atoms with Crippen LogP contribution in [0.2, 0.25) is 0 Å². The Morgan fingerprint density at radius 2 is 1.74 bits per heavy atom. The number of para-hydroxylation sites is 1. The van der Waals surface area contributed by atoms with Crippen molar-refractivity contribution in [2.24, 2.45) is 17.6 Å². The summed E-state index contributed by atoms with van der Waals surface area (Å²) < 4.78 is 0. The first-order valence-electron chi connectivity index (χ1n) is 6.06. The van der Waals surface area contributed by atoms with E-state index in [1.54, 1.807) is 24.3 Å². The molecule has 19 heavy (non-hydrogen) atoms. The van der Waals surface area contributed by atoms with E-state index in [-0.39, 0.29) is 23.7 Å². The second kappa shape index (κ2) is 4.08. The van der Waals surface area contributed by atoms with Crippen molar-refractivity contribution in [2.75, 3.05) is 18.0 Å². The molecule has 0 bridgehead atoms. The highest BCUT2D eigenvalue weighted by molar-refractivity contribution is 6.06. The summed E-state index contributed by atoms with van der Waals surface area (Å²) in [6.45, 7) is 0.874. The van der Waals surface area contributed by atoms with Gasteiger partial charge < -0.3 is 10.6 Å². The van der Waals surface area contributed by atoms with Gasteiger partial charge in [0.25, 0.3) is 5.91 Å². The van der Waals surface area contributed by atoms with Crippen molar-refractivity contribution in [3.8, 4) is 0 Å². The van der Waals surface area contributed by atoms with Crippen LogP contribution in [0.15, 0.2) is 24.3 Å². The number of imide groups is 1. The quantitative estimate of drug-likeness (QED) is 0.700. The maximum Gasteiger partial charge on any atom is 0.250 e. The van der Waals surface area contributed by atoms with Gasteiger partial charge in [0.2, 0.25) is 11.8 Å². The summed E-state index contributed by atoms with van der Waals surface area (Å²) in [4.78, 5) is 36.5. The Bertz CT molecular complexity index is 562. The molecule has 0 aliphatic carbocycles. The van der Waals surface area contributed by atoms with E-state index in [4.69, 9.17) is 5.73 Å². The number of benzene rings is 1. The number of rotatable bonds is 2. The molecule has 3 N–H and O–H groups in total. The molecule has 0 unspecified atom stereocenters. The molecule has 0 radical (unpaired) electrons. The number of carbonyl (C=O) groups excluding carboxylic acids is 3. The lowest BCUT2D eigenvalue weighted by molar-refractivity contribution is -0.126. The van der Waals surface area contributed by atoms with Crippen LogP contribution in [0.5, 0.6) is 0 Å². The van der Waals surface area contributed by atoms with Crippen LogP contribution in [0.3, 0.4) is 0 Å². The highest BCUT2D eigenvalue weighted by Crippen LogP contribution is 2.33. The van der Waals surface area contributed by atoms with Gasteiger partial charge in [0, 0.05) is 18.8 Å². The first kappa shape index (κ1) is 11.7. The zero-order valence-electron chi connectivity index (χ0n) is 10.1. The van der Waals surface area contributed by atoms with Crippen LogP contribution in [-0.2, 0) is 9.59 Å². The lowest BCUT2D eigenvalue weighted by Crippen LogP contribution is -2.32. The van der Waals surface area contributed by atoms with E-state index in [1.165, 1.54) is 0 Å². The summed E-state index contributed by atoms with van der Waals surface area (Å²) in [6.07, 6.45) is 0. The van der Waals surface area contributed by atoms with Gasteiger partial charge in [0.15, 0.2) is 0 Å². The van der Waals surface area contributed by atoms with Gasteiger partial charge in [-0.25, -0.2) is 0 Å². The highest BCUT2D eigenvalue weighted by atomic mass is 16.2. The van der Waals surface area contributed by atoms with E-state index in [2.05, 4.69) is 5.32 Å². The zero-order valence-corrected chi connectivity index (χ0v) is 10.1. The van der Waals surface area contributed by atoms with Crippen molar-refractivity contribution in [1.82, 2.24) is 5.32 Å². The summed E-state index contributed by atoms with van der Waals surface area (Å²) in [5.74, 6) is -1.62. The number of nitrogens with two attached hydrogens (primary N) is 1. The van der Waals surface area contributed by atoms with Gasteiger partial charge in [0.05, 0.1) is 17.4 Å². The molecule has 2 saturated heterocycles. The van der Waals surface area contributed by atoms with Gasteiger partial charge in [0.1, 0.15) is 0 Å². The summed E-state index contributed by atoms with van der Waals surface area (Å²) >= 11 is 0. The molecule has 2 fully saturated rings. The summed E-state index contributed by atoms with van der Waals surface area (Å²) in [5, 5.41) is 2.33. The van der Waals surface area contributed by atoms with Gasteiger partial charge >= 0.3 is 0 Å². The minimum Gasteiger partial charge on any atom is -0.369 e. The third-order valence-electron chi connectivity index (χ3n) is 3.75. The lowest BCUT2D eigenvalue weighted by Gasteiger charge is -2.21. The zero-order chi connectivity index (χ0) is 13.6. The van der Waals surface area contributed by atoms with E-state index in [0.717, 1.165) is 0 Å². The predicted octanol–water partition coefficient (Wildman–Crippen LogP) is -0.506. The van der Waals surface area contributed by atoms with E-state index >= 15 is 0 Å². The number of primary amides is 1. The molecule has 2 heterocycles. The second-order valence-corrected chi connectivity index (χ2v) is 4.85. The first-order chi connectivity index (χ1) is 9.08. The largest absolute Gasteiger partial charge is 0.369 e. The molecule has 3 amide bonds. The average molecular weight is 259 g/mol. The Balaban J connectivity index is 1.92. The van der Waals surface area contributed by atoms with Crippen LogP contribution in [0.1, 0.15) is 10.4 Å². The maximum absolute atomic E-state index is 11.6. The number of carbonyl (C=O) groups is 3. The first-order valence-corrected chi connectivity index (χ1v) is 6.06. The average Bonchev–Trinajstić information content (AvgIpc) is 2.92. The van der Waals surface area contributed by atoms with Gasteiger partial charge in [-0.15, -0.1) is 0 Å². The molecule has 6 nitrogen and oxygen atoms in total. The topological polar surface area (TPSA) is 92.5 Å². The molecule has 0 spiro atoms. The fraction of sp³-hybridized carbons (Fsp3) is 0.308. The molecule has 0 saturated carbocycles. The van der Waals surface area contributed by atoms with Crippen LogP contribution in [-0.4, -0.2) is 30.8 Å². The van der Waals surface area contributed by atoms with E-state index < -0.39 is 5.91 Å². The minimum atomic E-state index is -0.511. The third kappa shape index (κ3) is 1.76. The molecule has 98 valence electrons. The minimum absolute atomic E-state index is 0.228. The Morgan fingerprint density at radius 1 is 1.16 bits per heavy atom. The van der Waals surface area contributed by atoms with Gasteiger partial charge in [-0.2, -0.15) is 0 Å². The lowest BCUT2D eigenvalue weighted by atomic mass is 10.00. The van der Waals surface area contributed by atoms with Crippen molar-refractivity contribution >= 4 is 23.4 Å². The summed E-state index contributed by atoms with van der Waals surface area (Å²) in [6, 6.07) is 6.97. The standard InChI is InChI=1S/C13H13N3O3/c14-11(17)7-3-1-2-4-10(7)16-5-8-9(6-16)13(19)15-12(8)18/h1-4,8-9H,5-6H2,(H2,14,17)(H,15,18,19)/t8-,9+. The highest BCUT2D eigenvalue weighted by Gasteiger charge is 2.48. The normalized spacial score (nSPS) is 25.4. The smallest absolute Gasteiger partial charge is 0.250 e. The molecule has 0 aromatic heterocycles. The summed E-state index contributed by atoms with van der Waals surface area (Å²) in [7, 11) is 0. The molecule has 1 aromatic carbocycles. The fourth-order valence-electron chi connectivity index (χ4n) is 2.80. The van der Waals surface area contributed by atoms with E-state index in [1.807, 2.05) is 4.90 Å². The molecule has 1 aromatic rings. The molecule has 2 aliphatic heterocycles. The van der Waals surface area contributed by atoms with Crippen LogP contribution >= 0.6 is 0 Å². The Morgan fingerprint density at radius 3 is 2.32 bits per heavy atom. The van der Waals surface area contributed by atoms with Crippen molar-refractivity contribution in [2.45, 2.75) is 0 Å². The van der Waals surface area contributed by atoms with Crippen molar-refractivity contribution < 1.29 is 14.4 Å². The Hall–Kier alpha value is -2.37.